The van der Waals surface area contributed by atoms with Crippen molar-refractivity contribution in [3.8, 4) is 0 Å². The van der Waals surface area contributed by atoms with Crippen LogP contribution in [-0.4, -0.2) is 82.3 Å². The summed E-state index contributed by atoms with van der Waals surface area (Å²) in [6, 6.07) is -1.50. The van der Waals surface area contributed by atoms with Gasteiger partial charge in [0.15, 0.2) is 0 Å². The first-order valence-corrected chi connectivity index (χ1v) is 13.7. The molecule has 0 bridgehead atoms. The second-order valence-corrected chi connectivity index (χ2v) is 11.2. The molecule has 1 N–H and O–H groups in total. The molecular weight excluding hydrogens is 460 g/mol. The summed E-state index contributed by atoms with van der Waals surface area (Å²) in [5, 5.41) is 10.4. The number of aliphatic hydroxyl groups is 1. The summed E-state index contributed by atoms with van der Waals surface area (Å²) in [4.78, 5) is 45.2. The van der Waals surface area contributed by atoms with Crippen molar-refractivity contribution in [1.29, 1.82) is 0 Å². The van der Waals surface area contributed by atoms with E-state index in [1.165, 1.54) is 0 Å². The fraction of sp³-hybridized carbons (Fsp3) is 0.750. The third kappa shape index (κ3) is 4.62. The summed E-state index contributed by atoms with van der Waals surface area (Å²) >= 11 is 0. The zero-order valence-electron chi connectivity index (χ0n) is 22.1. The van der Waals surface area contributed by atoms with Gasteiger partial charge in [0.05, 0.1) is 31.3 Å². The number of cyclic esters (lactones) is 1. The number of carbonyl (C=O) groups is 3. The van der Waals surface area contributed by atoms with Crippen LogP contribution in [0.4, 0.5) is 0 Å². The van der Waals surface area contributed by atoms with Crippen LogP contribution >= 0.6 is 0 Å². The number of nitrogens with zero attached hydrogens (tertiary/aromatic N) is 2. The minimum atomic E-state index is -1.29. The van der Waals surface area contributed by atoms with Crippen molar-refractivity contribution in [1.82, 2.24) is 9.80 Å². The summed E-state index contributed by atoms with van der Waals surface area (Å²) in [7, 11) is 0. The number of fused-ring (bicyclic) bond motifs is 2. The summed E-state index contributed by atoms with van der Waals surface area (Å²) in [6.07, 6.45) is 11.8. The van der Waals surface area contributed by atoms with Crippen molar-refractivity contribution >= 4 is 17.8 Å². The summed E-state index contributed by atoms with van der Waals surface area (Å²) in [6.45, 7) is 8.63. The van der Waals surface area contributed by atoms with Gasteiger partial charge in [-0.15, -0.1) is 0 Å². The first kappa shape index (κ1) is 26.9. The van der Waals surface area contributed by atoms with Gasteiger partial charge in [-0.2, -0.15) is 0 Å². The highest BCUT2D eigenvalue weighted by atomic mass is 16.6. The third-order valence-corrected chi connectivity index (χ3v) is 8.16. The van der Waals surface area contributed by atoms with Crippen LogP contribution in [0.3, 0.4) is 0 Å². The molecule has 8 nitrogen and oxygen atoms in total. The second-order valence-electron chi connectivity index (χ2n) is 11.2. The van der Waals surface area contributed by atoms with E-state index in [0.717, 1.165) is 32.1 Å². The zero-order chi connectivity index (χ0) is 26.0. The number of hydrogen-bond donors (Lipinski definition) is 1. The number of allylic oxidation sites excluding steroid dienone is 1. The Morgan fingerprint density at radius 3 is 2.61 bits per heavy atom. The molecule has 1 spiro atoms. The SMILES string of the molecule is CCCC(C)N1CC=C[C@]23O[C@@H]4/C=C\CCCCOC(=O)[C@@H]4[C@H]2C(=O)N([C@@H](CO)CC(C)C)C3C1=O. The number of likely N-dealkylation sites (tertiary alicyclic amines) is 1. The van der Waals surface area contributed by atoms with Crippen molar-refractivity contribution in [3.05, 3.63) is 24.3 Å². The lowest BCUT2D eigenvalue weighted by molar-refractivity contribution is -0.157. The molecule has 2 unspecified atom stereocenters. The Balaban J connectivity index is 1.83. The average molecular weight is 503 g/mol. The summed E-state index contributed by atoms with van der Waals surface area (Å²) in [5.74, 6) is -2.46. The number of aliphatic hydroxyl groups excluding tert-OH is 1. The summed E-state index contributed by atoms with van der Waals surface area (Å²) in [5.41, 5.74) is -1.29. The van der Waals surface area contributed by atoms with Crippen LogP contribution in [0.25, 0.3) is 0 Å². The molecule has 4 rings (SSSR count). The number of amides is 2. The third-order valence-electron chi connectivity index (χ3n) is 8.16. The Bertz CT molecular complexity index is 900. The van der Waals surface area contributed by atoms with Crippen molar-refractivity contribution in [3.63, 3.8) is 0 Å². The van der Waals surface area contributed by atoms with Crippen LogP contribution < -0.4 is 0 Å². The molecule has 0 aromatic carbocycles. The van der Waals surface area contributed by atoms with E-state index >= 15 is 0 Å². The molecule has 2 amide bonds. The van der Waals surface area contributed by atoms with E-state index in [1.807, 2.05) is 50.0 Å². The predicted molar refractivity (Wildman–Crippen MR) is 135 cm³/mol. The molecule has 36 heavy (non-hydrogen) atoms. The molecule has 200 valence electrons. The molecular formula is C28H42N2O6. The molecule has 0 aromatic heterocycles. The van der Waals surface area contributed by atoms with Crippen LogP contribution in [0.15, 0.2) is 24.3 Å². The fourth-order valence-electron chi connectivity index (χ4n) is 6.56. The highest BCUT2D eigenvalue weighted by molar-refractivity contribution is 5.99. The number of carbonyl (C=O) groups excluding carboxylic acids is 3. The van der Waals surface area contributed by atoms with E-state index in [9.17, 15) is 19.5 Å². The Kier molecular flexibility index (Phi) is 8.25. The number of hydrogen-bond acceptors (Lipinski definition) is 6. The summed E-state index contributed by atoms with van der Waals surface area (Å²) < 4.78 is 12.3. The van der Waals surface area contributed by atoms with Crippen LogP contribution in [0, 0.1) is 17.8 Å². The van der Waals surface area contributed by atoms with E-state index in [1.54, 1.807) is 4.90 Å². The maximum Gasteiger partial charge on any atom is 0.312 e. The highest BCUT2D eigenvalue weighted by Crippen LogP contribution is 2.54. The quantitative estimate of drug-likeness (QED) is 0.425. The van der Waals surface area contributed by atoms with Gasteiger partial charge in [0.2, 0.25) is 11.8 Å². The Morgan fingerprint density at radius 1 is 1.14 bits per heavy atom. The van der Waals surface area contributed by atoms with E-state index in [0.29, 0.717) is 19.6 Å². The van der Waals surface area contributed by atoms with Crippen LogP contribution in [0.2, 0.25) is 0 Å². The Labute approximate surface area is 214 Å². The van der Waals surface area contributed by atoms with Gasteiger partial charge in [0, 0.05) is 12.6 Å². The minimum absolute atomic E-state index is 0.0112. The van der Waals surface area contributed by atoms with Crippen LogP contribution in [0.5, 0.6) is 0 Å². The van der Waals surface area contributed by atoms with Crippen molar-refractivity contribution in [2.45, 2.75) is 96.1 Å². The topological polar surface area (TPSA) is 96.4 Å². The highest BCUT2D eigenvalue weighted by Gasteiger charge is 2.72. The van der Waals surface area contributed by atoms with Crippen LogP contribution in [0.1, 0.15) is 66.2 Å². The van der Waals surface area contributed by atoms with Gasteiger partial charge < -0.3 is 24.4 Å². The molecule has 0 radical (unpaired) electrons. The minimum Gasteiger partial charge on any atom is -0.465 e. The molecule has 2 fully saturated rings. The maximum atomic E-state index is 14.3. The molecule has 2 saturated heterocycles. The monoisotopic (exact) mass is 502 g/mol. The Hall–Kier alpha value is -2.19. The predicted octanol–water partition coefficient (Wildman–Crippen LogP) is 2.84. The number of rotatable bonds is 7. The number of ether oxygens (including phenoxy) is 2. The first-order chi connectivity index (χ1) is 17.3. The molecule has 4 aliphatic heterocycles. The molecule has 0 aromatic rings. The zero-order valence-corrected chi connectivity index (χ0v) is 22.1. The van der Waals surface area contributed by atoms with E-state index in [2.05, 4.69) is 6.92 Å². The maximum absolute atomic E-state index is 14.3. The van der Waals surface area contributed by atoms with E-state index in [4.69, 9.17) is 9.47 Å². The lowest BCUT2D eigenvalue weighted by Crippen LogP contribution is -2.59. The van der Waals surface area contributed by atoms with Gasteiger partial charge >= 0.3 is 5.97 Å². The molecule has 0 aliphatic carbocycles. The van der Waals surface area contributed by atoms with Crippen molar-refractivity contribution in [2.75, 3.05) is 19.8 Å². The van der Waals surface area contributed by atoms with Crippen molar-refractivity contribution < 1.29 is 29.0 Å². The lowest BCUT2D eigenvalue weighted by Gasteiger charge is -2.40. The van der Waals surface area contributed by atoms with Gasteiger partial charge in [-0.25, -0.2) is 0 Å². The Morgan fingerprint density at radius 2 is 1.92 bits per heavy atom. The molecule has 0 saturated carbocycles. The van der Waals surface area contributed by atoms with Gasteiger partial charge in [0.1, 0.15) is 17.6 Å². The average Bonchev–Trinajstić information content (AvgIpc) is 3.22. The van der Waals surface area contributed by atoms with Crippen molar-refractivity contribution in [2.24, 2.45) is 17.8 Å². The number of esters is 1. The molecule has 8 heteroatoms. The van der Waals surface area contributed by atoms with Gasteiger partial charge in [-0.1, -0.05) is 51.5 Å². The van der Waals surface area contributed by atoms with Crippen LogP contribution in [-0.2, 0) is 23.9 Å². The largest absolute Gasteiger partial charge is 0.465 e. The van der Waals surface area contributed by atoms with Gasteiger partial charge in [-0.05, 0) is 44.9 Å². The standard InChI is InChI=1S/C28H42N2O6/c1-5-11-19(4)29-14-10-13-28-23(22-21(36-28)12-8-6-7-9-15-35-27(22)34)25(32)30(24(28)26(29)33)20(17-31)16-18(2)3/h8,10,12-13,18-24,31H,5-7,9,11,14-17H2,1-4H3/b12-8-/t19?,20-,21-,22+,23+,24?,28+/m1/s1. The lowest BCUT2D eigenvalue weighted by atomic mass is 9.77. The normalized spacial score (nSPS) is 35.1. The molecule has 4 heterocycles. The second kappa shape index (κ2) is 11.1. The molecule has 7 atom stereocenters. The first-order valence-electron chi connectivity index (χ1n) is 13.7. The van der Waals surface area contributed by atoms with Gasteiger partial charge in [0.25, 0.3) is 0 Å². The molecule has 4 aliphatic rings. The van der Waals surface area contributed by atoms with E-state index < -0.39 is 41.6 Å². The smallest absolute Gasteiger partial charge is 0.312 e. The fourth-order valence-corrected chi connectivity index (χ4v) is 6.56. The van der Waals surface area contributed by atoms with E-state index in [-0.39, 0.29) is 30.4 Å². The van der Waals surface area contributed by atoms with Gasteiger partial charge in [-0.3, -0.25) is 14.4 Å².